The van der Waals surface area contributed by atoms with Crippen molar-refractivity contribution in [1.82, 2.24) is 5.32 Å². The van der Waals surface area contributed by atoms with Gasteiger partial charge in [-0.2, -0.15) is 0 Å². The highest BCUT2D eigenvalue weighted by molar-refractivity contribution is 5.35. The van der Waals surface area contributed by atoms with Crippen LogP contribution in [0.5, 0.6) is 5.75 Å². The normalized spacial score (nSPS) is 18.9. The van der Waals surface area contributed by atoms with Crippen LogP contribution in [0.1, 0.15) is 36.8 Å². The molecule has 2 saturated carbocycles. The molecular weight excluding hydrogens is 234 g/mol. The molecular formula is C17H25NO. The first kappa shape index (κ1) is 13.0. The van der Waals surface area contributed by atoms with E-state index in [1.54, 1.807) is 0 Å². The van der Waals surface area contributed by atoms with Crippen molar-refractivity contribution in [2.45, 2.75) is 45.6 Å². The van der Waals surface area contributed by atoms with Crippen molar-refractivity contribution in [3.63, 3.8) is 0 Å². The highest BCUT2D eigenvalue weighted by atomic mass is 16.5. The Bertz CT molecular complexity index is 423. The molecule has 104 valence electrons. The second-order valence-electron chi connectivity index (χ2n) is 6.27. The van der Waals surface area contributed by atoms with Crippen molar-refractivity contribution in [2.24, 2.45) is 11.8 Å². The molecule has 2 heteroatoms. The molecule has 0 bridgehead atoms. The average molecular weight is 259 g/mol. The number of rotatable bonds is 7. The maximum Gasteiger partial charge on any atom is 0.122 e. The number of ether oxygens (including phenoxy) is 1. The Morgan fingerprint density at radius 1 is 1.16 bits per heavy atom. The molecule has 2 fully saturated rings. The van der Waals surface area contributed by atoms with Gasteiger partial charge in [-0.05, 0) is 68.6 Å². The predicted octanol–water partition coefficient (Wildman–Crippen LogP) is 3.46. The van der Waals surface area contributed by atoms with E-state index in [0.29, 0.717) is 0 Å². The van der Waals surface area contributed by atoms with E-state index in [4.69, 9.17) is 4.74 Å². The fraction of sp³-hybridized carbons (Fsp3) is 0.647. The molecule has 1 aromatic rings. The van der Waals surface area contributed by atoms with Gasteiger partial charge in [-0.3, -0.25) is 0 Å². The van der Waals surface area contributed by atoms with Crippen molar-refractivity contribution in [3.05, 3.63) is 29.3 Å². The van der Waals surface area contributed by atoms with E-state index in [0.717, 1.165) is 36.8 Å². The Kier molecular flexibility index (Phi) is 3.79. The van der Waals surface area contributed by atoms with E-state index in [1.165, 1.54) is 36.8 Å². The third-order valence-corrected chi connectivity index (χ3v) is 4.34. The Hall–Kier alpha value is -1.02. The summed E-state index contributed by atoms with van der Waals surface area (Å²) in [6.45, 7) is 5.98. The third kappa shape index (κ3) is 3.50. The molecule has 0 saturated heterocycles. The molecule has 0 atom stereocenters. The summed E-state index contributed by atoms with van der Waals surface area (Å²) in [4.78, 5) is 0. The summed E-state index contributed by atoms with van der Waals surface area (Å²) in [7, 11) is 0. The van der Waals surface area contributed by atoms with Gasteiger partial charge in [-0.1, -0.05) is 12.1 Å². The van der Waals surface area contributed by atoms with Crippen LogP contribution in [0.3, 0.4) is 0 Å². The van der Waals surface area contributed by atoms with Crippen molar-refractivity contribution < 1.29 is 4.74 Å². The van der Waals surface area contributed by atoms with Crippen LogP contribution in [0, 0.1) is 25.7 Å². The lowest BCUT2D eigenvalue weighted by molar-refractivity contribution is 0.292. The van der Waals surface area contributed by atoms with Gasteiger partial charge in [-0.25, -0.2) is 0 Å². The van der Waals surface area contributed by atoms with Crippen LogP contribution in [0.15, 0.2) is 18.2 Å². The van der Waals surface area contributed by atoms with E-state index >= 15 is 0 Å². The molecule has 0 aromatic heterocycles. The lowest BCUT2D eigenvalue weighted by Crippen LogP contribution is -2.36. The van der Waals surface area contributed by atoms with Crippen molar-refractivity contribution in [1.29, 1.82) is 0 Å². The Balaban J connectivity index is 1.43. The van der Waals surface area contributed by atoms with Crippen LogP contribution in [0.25, 0.3) is 0 Å². The van der Waals surface area contributed by atoms with E-state index in [1.807, 2.05) is 0 Å². The summed E-state index contributed by atoms with van der Waals surface area (Å²) in [5.74, 6) is 2.97. The van der Waals surface area contributed by atoms with Gasteiger partial charge < -0.3 is 10.1 Å². The second kappa shape index (κ2) is 5.54. The van der Waals surface area contributed by atoms with E-state index in [2.05, 4.69) is 37.4 Å². The van der Waals surface area contributed by atoms with Gasteiger partial charge in [0, 0.05) is 12.6 Å². The molecule has 0 radical (unpaired) electrons. The number of nitrogens with one attached hydrogen (secondary N) is 1. The molecule has 0 spiro atoms. The fourth-order valence-corrected chi connectivity index (χ4v) is 2.88. The van der Waals surface area contributed by atoms with Crippen LogP contribution in [0.2, 0.25) is 0 Å². The molecule has 2 aliphatic rings. The van der Waals surface area contributed by atoms with E-state index < -0.39 is 0 Å². The second-order valence-corrected chi connectivity index (χ2v) is 6.27. The maximum atomic E-state index is 5.91. The van der Waals surface area contributed by atoms with Crippen molar-refractivity contribution in [2.75, 3.05) is 13.2 Å². The number of hydrogen-bond donors (Lipinski definition) is 1. The summed E-state index contributed by atoms with van der Waals surface area (Å²) < 4.78 is 5.91. The Morgan fingerprint density at radius 2 is 1.84 bits per heavy atom. The minimum Gasteiger partial charge on any atom is -0.492 e. The number of hydrogen-bond acceptors (Lipinski definition) is 2. The van der Waals surface area contributed by atoms with Gasteiger partial charge >= 0.3 is 0 Å². The molecule has 0 amide bonds. The van der Waals surface area contributed by atoms with Crippen LogP contribution >= 0.6 is 0 Å². The number of benzene rings is 1. The first-order chi connectivity index (χ1) is 9.24. The Labute approximate surface area is 116 Å². The molecule has 2 nitrogen and oxygen atoms in total. The van der Waals surface area contributed by atoms with Crippen molar-refractivity contribution in [3.8, 4) is 5.75 Å². The quantitative estimate of drug-likeness (QED) is 0.757. The zero-order chi connectivity index (χ0) is 13.2. The highest BCUT2D eigenvalue weighted by Gasteiger charge is 2.40. The minimum absolute atomic E-state index is 0.778. The predicted molar refractivity (Wildman–Crippen MR) is 78.6 cm³/mol. The highest BCUT2D eigenvalue weighted by Crippen LogP contribution is 2.44. The van der Waals surface area contributed by atoms with Crippen molar-refractivity contribution >= 4 is 0 Å². The van der Waals surface area contributed by atoms with Gasteiger partial charge in [0.15, 0.2) is 0 Å². The fourth-order valence-electron chi connectivity index (χ4n) is 2.88. The molecule has 3 rings (SSSR count). The summed E-state index contributed by atoms with van der Waals surface area (Å²) in [6.07, 6.45) is 5.75. The summed E-state index contributed by atoms with van der Waals surface area (Å²) in [5.41, 5.74) is 2.49. The average Bonchev–Trinajstić information content (AvgIpc) is 3.26. The zero-order valence-electron chi connectivity index (χ0n) is 12.1. The third-order valence-electron chi connectivity index (χ3n) is 4.34. The summed E-state index contributed by atoms with van der Waals surface area (Å²) in [6, 6.07) is 7.18. The van der Waals surface area contributed by atoms with Gasteiger partial charge in [0.2, 0.25) is 0 Å². The number of aryl methyl sites for hydroxylation is 2. The minimum atomic E-state index is 0.778. The molecule has 0 aliphatic heterocycles. The summed E-state index contributed by atoms with van der Waals surface area (Å²) in [5, 5.41) is 3.72. The van der Waals surface area contributed by atoms with Crippen LogP contribution in [-0.2, 0) is 0 Å². The zero-order valence-corrected chi connectivity index (χ0v) is 12.1. The molecule has 0 heterocycles. The molecule has 1 aromatic carbocycles. The first-order valence-electron chi connectivity index (χ1n) is 7.67. The lowest BCUT2D eigenvalue weighted by atomic mass is 10.1. The molecule has 0 unspecified atom stereocenters. The van der Waals surface area contributed by atoms with Crippen LogP contribution < -0.4 is 10.1 Å². The monoisotopic (exact) mass is 259 g/mol. The largest absolute Gasteiger partial charge is 0.492 e. The smallest absolute Gasteiger partial charge is 0.122 e. The van der Waals surface area contributed by atoms with Gasteiger partial charge in [0.1, 0.15) is 12.4 Å². The topological polar surface area (TPSA) is 21.3 Å². The van der Waals surface area contributed by atoms with Gasteiger partial charge in [-0.15, -0.1) is 0 Å². The van der Waals surface area contributed by atoms with E-state index in [-0.39, 0.29) is 0 Å². The lowest BCUT2D eigenvalue weighted by Gasteiger charge is -2.18. The van der Waals surface area contributed by atoms with E-state index in [9.17, 15) is 0 Å². The van der Waals surface area contributed by atoms with Gasteiger partial charge in [0.25, 0.3) is 0 Å². The summed E-state index contributed by atoms with van der Waals surface area (Å²) >= 11 is 0. The molecule has 2 aliphatic carbocycles. The van der Waals surface area contributed by atoms with Gasteiger partial charge in [0.05, 0.1) is 0 Å². The Morgan fingerprint density at radius 3 is 2.47 bits per heavy atom. The molecule has 19 heavy (non-hydrogen) atoms. The molecule has 1 N–H and O–H groups in total. The standard InChI is InChI=1S/C17H25NO/c1-12-3-4-13(2)16(11-12)19-10-9-18-17(14-5-6-14)15-7-8-15/h3-4,11,14-15,17-18H,5-10H2,1-2H3. The maximum absolute atomic E-state index is 5.91. The first-order valence-corrected chi connectivity index (χ1v) is 7.67. The van der Waals surface area contributed by atoms with Crippen LogP contribution in [0.4, 0.5) is 0 Å². The SMILES string of the molecule is Cc1ccc(C)c(OCCNC(C2CC2)C2CC2)c1. The van der Waals surface area contributed by atoms with Crippen LogP contribution in [-0.4, -0.2) is 19.2 Å².